The Hall–Kier alpha value is -0.700. The van der Waals surface area contributed by atoms with Crippen LogP contribution in [0.2, 0.25) is 0 Å². The molecular weight excluding hydrogens is 84.1 g/mol. The Morgan fingerprint density at radius 1 is 1.57 bits per heavy atom. The van der Waals surface area contributed by atoms with Gasteiger partial charge in [-0.1, -0.05) is 25.0 Å². The van der Waals surface area contributed by atoms with E-state index in [1.807, 2.05) is 12.2 Å². The summed E-state index contributed by atoms with van der Waals surface area (Å²) < 4.78 is 0. The monoisotopic (exact) mass is 93.1 g/mol. The van der Waals surface area contributed by atoms with E-state index in [4.69, 9.17) is 6.42 Å². The van der Waals surface area contributed by atoms with Crippen LogP contribution in [-0.4, -0.2) is 0 Å². The quantitative estimate of drug-likeness (QED) is 0.361. The molecule has 0 aromatic carbocycles. The molecule has 0 heterocycles. The number of allylic oxidation sites excluding steroid dienone is 2. The summed E-state index contributed by atoms with van der Waals surface area (Å²) in [4.78, 5) is 0. The minimum atomic E-state index is 0.661. The zero-order valence-electron chi connectivity index (χ0n) is 4.57. The highest BCUT2D eigenvalue weighted by Crippen LogP contribution is 1.81. The average molecular weight is 93.1 g/mol. The lowest BCUT2D eigenvalue weighted by Gasteiger charge is -1.72. The summed E-state index contributed by atoms with van der Waals surface area (Å²) >= 11 is 0. The van der Waals surface area contributed by atoms with Crippen molar-refractivity contribution in [3.8, 4) is 5.92 Å². The van der Waals surface area contributed by atoms with Crippen molar-refractivity contribution in [2.75, 3.05) is 0 Å². The molecule has 0 nitrogen and oxygen atoms in total. The predicted molar refractivity (Wildman–Crippen MR) is 31.2 cm³/mol. The zero-order chi connectivity index (χ0) is 5.54. The SMILES string of the molecule is [C]#CCC=CCC. The van der Waals surface area contributed by atoms with Crippen molar-refractivity contribution in [2.45, 2.75) is 19.8 Å². The molecule has 0 unspecified atom stereocenters. The van der Waals surface area contributed by atoms with Crippen molar-refractivity contribution in [3.63, 3.8) is 0 Å². The van der Waals surface area contributed by atoms with Gasteiger partial charge in [0.25, 0.3) is 0 Å². The van der Waals surface area contributed by atoms with E-state index in [1.165, 1.54) is 0 Å². The van der Waals surface area contributed by atoms with Crippen LogP contribution >= 0.6 is 0 Å². The van der Waals surface area contributed by atoms with Crippen molar-refractivity contribution in [3.05, 3.63) is 18.6 Å². The largest absolute Gasteiger partial charge is 0.0879 e. The molecule has 0 atom stereocenters. The molecule has 0 heteroatoms. The summed E-state index contributed by atoms with van der Waals surface area (Å²) in [5.74, 6) is 2.27. The Morgan fingerprint density at radius 2 is 2.29 bits per heavy atom. The first kappa shape index (κ1) is 6.30. The molecule has 0 bridgehead atoms. The molecule has 1 radical (unpaired) electrons. The molecule has 0 N–H and O–H groups in total. The van der Waals surface area contributed by atoms with Gasteiger partial charge in [-0.2, -0.15) is 0 Å². The molecule has 0 spiro atoms. The van der Waals surface area contributed by atoms with E-state index < -0.39 is 0 Å². The predicted octanol–water partition coefficient (Wildman–Crippen LogP) is 1.93. The van der Waals surface area contributed by atoms with E-state index >= 15 is 0 Å². The van der Waals surface area contributed by atoms with Gasteiger partial charge in [0, 0.05) is 6.42 Å². The Labute approximate surface area is 45.2 Å². The van der Waals surface area contributed by atoms with E-state index in [0.717, 1.165) is 6.42 Å². The van der Waals surface area contributed by atoms with Crippen LogP contribution in [0, 0.1) is 12.3 Å². The third-order valence-corrected chi connectivity index (χ3v) is 0.622. The first-order chi connectivity index (χ1) is 3.41. The second kappa shape index (κ2) is 5.30. The maximum Gasteiger partial charge on any atom is 0.0279 e. The number of rotatable bonds is 2. The maximum absolute atomic E-state index is 6.48. The van der Waals surface area contributed by atoms with E-state index in [9.17, 15) is 0 Å². The Kier molecular flexibility index (Phi) is 4.77. The van der Waals surface area contributed by atoms with Crippen molar-refractivity contribution in [1.29, 1.82) is 0 Å². The fourth-order valence-corrected chi connectivity index (χ4v) is 0.309. The summed E-state index contributed by atoms with van der Waals surface area (Å²) in [7, 11) is 0. The van der Waals surface area contributed by atoms with Gasteiger partial charge in [0.05, 0.1) is 0 Å². The van der Waals surface area contributed by atoms with Crippen molar-refractivity contribution in [1.82, 2.24) is 0 Å². The van der Waals surface area contributed by atoms with Gasteiger partial charge in [0.15, 0.2) is 0 Å². The van der Waals surface area contributed by atoms with Crippen molar-refractivity contribution in [2.24, 2.45) is 0 Å². The molecular formula is C7H9. The van der Waals surface area contributed by atoms with Gasteiger partial charge >= 0.3 is 0 Å². The molecule has 0 aliphatic rings. The third kappa shape index (κ3) is 5.30. The Balaban J connectivity index is 2.97. The van der Waals surface area contributed by atoms with Crippen molar-refractivity contribution < 1.29 is 0 Å². The molecule has 0 saturated carbocycles. The number of hydrogen-bond donors (Lipinski definition) is 0. The lowest BCUT2D eigenvalue weighted by Crippen LogP contribution is -1.54. The smallest absolute Gasteiger partial charge is 0.0279 e. The molecule has 37 valence electrons. The summed E-state index contributed by atoms with van der Waals surface area (Å²) in [6.45, 7) is 2.07. The molecule has 0 rings (SSSR count). The zero-order valence-corrected chi connectivity index (χ0v) is 4.57. The van der Waals surface area contributed by atoms with Crippen LogP contribution in [0.5, 0.6) is 0 Å². The van der Waals surface area contributed by atoms with E-state index in [2.05, 4.69) is 12.8 Å². The fourth-order valence-electron chi connectivity index (χ4n) is 0.309. The minimum Gasteiger partial charge on any atom is -0.0879 e. The van der Waals surface area contributed by atoms with Crippen LogP contribution in [0.15, 0.2) is 12.2 Å². The second-order valence-electron chi connectivity index (χ2n) is 1.26. The second-order valence-corrected chi connectivity index (χ2v) is 1.26. The van der Waals surface area contributed by atoms with Gasteiger partial charge < -0.3 is 0 Å². The topological polar surface area (TPSA) is 0 Å². The fraction of sp³-hybridized carbons (Fsp3) is 0.429. The van der Waals surface area contributed by atoms with Crippen molar-refractivity contribution >= 4 is 0 Å². The average Bonchev–Trinajstić information content (AvgIpc) is 1.69. The highest BCUT2D eigenvalue weighted by molar-refractivity contribution is 4.91. The summed E-state index contributed by atoms with van der Waals surface area (Å²) in [5, 5.41) is 0. The molecule has 7 heavy (non-hydrogen) atoms. The summed E-state index contributed by atoms with van der Waals surface area (Å²) in [5.41, 5.74) is 0. The molecule has 0 aliphatic heterocycles. The minimum absolute atomic E-state index is 0.661. The van der Waals surface area contributed by atoms with E-state index in [0.29, 0.717) is 6.42 Å². The summed E-state index contributed by atoms with van der Waals surface area (Å²) in [6, 6.07) is 0. The molecule has 0 amide bonds. The highest BCUT2D eigenvalue weighted by Gasteiger charge is 1.63. The van der Waals surface area contributed by atoms with Gasteiger partial charge in [0.1, 0.15) is 0 Å². The van der Waals surface area contributed by atoms with E-state index in [-0.39, 0.29) is 0 Å². The van der Waals surface area contributed by atoms with Crippen LogP contribution in [0.1, 0.15) is 19.8 Å². The molecule has 0 aromatic heterocycles. The van der Waals surface area contributed by atoms with Gasteiger partial charge in [-0.3, -0.25) is 0 Å². The van der Waals surface area contributed by atoms with E-state index in [1.54, 1.807) is 0 Å². The van der Waals surface area contributed by atoms with Gasteiger partial charge in [0.2, 0.25) is 0 Å². The van der Waals surface area contributed by atoms with Gasteiger partial charge in [-0.15, -0.1) is 0 Å². The third-order valence-electron chi connectivity index (χ3n) is 0.622. The lowest BCUT2D eigenvalue weighted by molar-refractivity contribution is 1.20. The molecule has 0 aliphatic carbocycles. The summed E-state index contributed by atoms with van der Waals surface area (Å²) in [6.07, 6.45) is 12.2. The van der Waals surface area contributed by atoms with Crippen LogP contribution in [0.25, 0.3) is 0 Å². The van der Waals surface area contributed by atoms with Gasteiger partial charge in [-0.05, 0) is 12.8 Å². The van der Waals surface area contributed by atoms with Crippen LogP contribution in [0.3, 0.4) is 0 Å². The van der Waals surface area contributed by atoms with Crippen LogP contribution in [-0.2, 0) is 0 Å². The molecule has 0 fully saturated rings. The lowest BCUT2D eigenvalue weighted by atomic mass is 10.3. The van der Waals surface area contributed by atoms with Crippen LogP contribution < -0.4 is 0 Å². The van der Waals surface area contributed by atoms with Gasteiger partial charge in [-0.25, -0.2) is 0 Å². The van der Waals surface area contributed by atoms with Crippen LogP contribution in [0.4, 0.5) is 0 Å². The molecule has 0 saturated heterocycles. The number of hydrogen-bond acceptors (Lipinski definition) is 0. The first-order valence-corrected chi connectivity index (χ1v) is 2.46. The molecule has 0 aromatic rings. The highest BCUT2D eigenvalue weighted by atomic mass is 13.7. The Bertz CT molecular complexity index is 82.7. The standard InChI is InChI=1S/C7H9/c1-3-5-7-6-4-2/h5,7H,3,6H2,1H3. The maximum atomic E-state index is 6.48. The first-order valence-electron chi connectivity index (χ1n) is 2.46. The Morgan fingerprint density at radius 3 is 2.71 bits per heavy atom. The normalized spacial score (nSPS) is 9.14.